The second kappa shape index (κ2) is 6.41. The second-order valence-electron chi connectivity index (χ2n) is 6.86. The van der Waals surface area contributed by atoms with E-state index in [1.54, 1.807) is 6.07 Å². The van der Waals surface area contributed by atoms with Crippen molar-refractivity contribution in [3.63, 3.8) is 0 Å². The zero-order chi connectivity index (χ0) is 18.3. The lowest BCUT2D eigenvalue weighted by molar-refractivity contribution is -0.131. The van der Waals surface area contributed by atoms with Crippen LogP contribution in [0.5, 0.6) is 5.75 Å². The first-order chi connectivity index (χ1) is 12.5. The van der Waals surface area contributed by atoms with E-state index in [-0.39, 0.29) is 11.3 Å². The van der Waals surface area contributed by atoms with E-state index < -0.39 is 22.7 Å². The van der Waals surface area contributed by atoms with Gasteiger partial charge in [0.2, 0.25) is 22.7 Å². The molecule has 1 saturated carbocycles. The van der Waals surface area contributed by atoms with Crippen molar-refractivity contribution in [2.24, 2.45) is 0 Å². The Morgan fingerprint density at radius 3 is 2.46 bits per heavy atom. The Bertz CT molecular complexity index is 1030. The minimum atomic E-state index is -0.708. The van der Waals surface area contributed by atoms with E-state index >= 15 is 0 Å². The number of ketones is 2. The molecule has 5 heteroatoms. The van der Waals surface area contributed by atoms with Crippen LogP contribution in [0.3, 0.4) is 0 Å². The van der Waals surface area contributed by atoms with Gasteiger partial charge in [0.15, 0.2) is 5.76 Å². The summed E-state index contributed by atoms with van der Waals surface area (Å²) in [6, 6.07) is 5.47. The molecule has 0 radical (unpaired) electrons. The van der Waals surface area contributed by atoms with Crippen molar-refractivity contribution in [3.05, 3.63) is 58.0 Å². The molecule has 2 aliphatic rings. The molecule has 0 aliphatic heterocycles. The van der Waals surface area contributed by atoms with Crippen LogP contribution in [0.25, 0.3) is 16.5 Å². The Labute approximate surface area is 149 Å². The van der Waals surface area contributed by atoms with Gasteiger partial charge in [-0.05, 0) is 48.6 Å². The van der Waals surface area contributed by atoms with Crippen molar-refractivity contribution >= 4 is 28.1 Å². The first-order valence-corrected chi connectivity index (χ1v) is 8.83. The molecule has 0 atom stereocenters. The monoisotopic (exact) mass is 350 g/mol. The summed E-state index contributed by atoms with van der Waals surface area (Å²) >= 11 is 0. The zero-order valence-electron chi connectivity index (χ0n) is 14.2. The minimum absolute atomic E-state index is 0.0830. The predicted molar refractivity (Wildman–Crippen MR) is 97.1 cm³/mol. The first kappa shape index (κ1) is 16.5. The maximum Gasteiger partial charge on any atom is 0.235 e. The van der Waals surface area contributed by atoms with Crippen LogP contribution in [0.4, 0.5) is 0 Å². The number of fused-ring (bicyclic) bond motifs is 1. The number of allylic oxidation sites excluding steroid dienone is 4. The Hall–Kier alpha value is -2.95. The van der Waals surface area contributed by atoms with Crippen LogP contribution in [0.15, 0.2) is 45.6 Å². The average Bonchev–Trinajstić information content (AvgIpc) is 2.67. The van der Waals surface area contributed by atoms with E-state index in [0.29, 0.717) is 16.9 Å². The molecule has 2 aliphatic carbocycles. The van der Waals surface area contributed by atoms with E-state index in [1.807, 2.05) is 12.1 Å². The van der Waals surface area contributed by atoms with Crippen LogP contribution in [-0.4, -0.2) is 16.7 Å². The van der Waals surface area contributed by atoms with Gasteiger partial charge in [-0.15, -0.1) is 0 Å². The quantitative estimate of drug-likeness (QED) is 0.660. The molecule has 2 aromatic rings. The topological polar surface area (TPSA) is 84.6 Å². The second-order valence-corrected chi connectivity index (χ2v) is 6.86. The van der Waals surface area contributed by atoms with Crippen molar-refractivity contribution in [2.45, 2.75) is 38.0 Å². The van der Waals surface area contributed by atoms with Gasteiger partial charge in [-0.2, -0.15) is 0 Å². The number of carbonyl (C=O) groups is 2. The number of carbonyl (C=O) groups excluding carboxylic acids is 2. The van der Waals surface area contributed by atoms with Gasteiger partial charge in [0.1, 0.15) is 5.58 Å². The summed E-state index contributed by atoms with van der Waals surface area (Å²) in [7, 11) is 0. The highest BCUT2D eigenvalue weighted by Gasteiger charge is 2.22. The van der Waals surface area contributed by atoms with Crippen molar-refractivity contribution in [1.82, 2.24) is 0 Å². The van der Waals surface area contributed by atoms with Gasteiger partial charge >= 0.3 is 0 Å². The summed E-state index contributed by atoms with van der Waals surface area (Å²) in [5.74, 6) is -1.54. The molecule has 26 heavy (non-hydrogen) atoms. The Kier molecular flexibility index (Phi) is 4.07. The molecule has 1 heterocycles. The lowest BCUT2D eigenvalue weighted by atomic mass is 9.84. The fourth-order valence-corrected chi connectivity index (χ4v) is 3.73. The molecule has 5 nitrogen and oxygen atoms in total. The standard InChI is InChI=1S/C21H18O5/c22-16-9-7-14(10-17(16)23)21-20(25)19(24)15-8-6-13(11-18(15)26-21)12-4-2-1-3-5-12/h6-12,25H,1-5H2. The summed E-state index contributed by atoms with van der Waals surface area (Å²) in [6.07, 6.45) is 9.44. The number of rotatable bonds is 2. The highest BCUT2D eigenvalue weighted by molar-refractivity contribution is 6.48. The van der Waals surface area contributed by atoms with Crippen LogP contribution >= 0.6 is 0 Å². The van der Waals surface area contributed by atoms with E-state index in [4.69, 9.17) is 4.42 Å². The molecule has 132 valence electrons. The Morgan fingerprint density at radius 2 is 1.73 bits per heavy atom. The molecule has 0 unspecified atom stereocenters. The van der Waals surface area contributed by atoms with Gasteiger partial charge < -0.3 is 9.52 Å². The highest BCUT2D eigenvalue weighted by Crippen LogP contribution is 2.35. The van der Waals surface area contributed by atoms with Crippen LogP contribution in [0, 0.1) is 0 Å². The van der Waals surface area contributed by atoms with Gasteiger partial charge in [-0.3, -0.25) is 14.4 Å². The average molecular weight is 350 g/mol. The number of hydrogen-bond acceptors (Lipinski definition) is 5. The lowest BCUT2D eigenvalue weighted by Crippen LogP contribution is -2.12. The SMILES string of the molecule is O=C1C=CC(c2oc3cc(C4CCCCC4)ccc3c(=O)c2O)=CC1=O. The largest absolute Gasteiger partial charge is 0.502 e. The number of benzene rings is 1. The van der Waals surface area contributed by atoms with Crippen LogP contribution in [-0.2, 0) is 9.59 Å². The molecule has 1 fully saturated rings. The molecular weight excluding hydrogens is 332 g/mol. The minimum Gasteiger partial charge on any atom is -0.502 e. The van der Waals surface area contributed by atoms with Gasteiger partial charge in [0.25, 0.3) is 0 Å². The number of aromatic hydroxyl groups is 1. The maximum atomic E-state index is 12.5. The highest BCUT2D eigenvalue weighted by atomic mass is 16.4. The lowest BCUT2D eigenvalue weighted by Gasteiger charge is -2.22. The smallest absolute Gasteiger partial charge is 0.235 e. The molecule has 1 aromatic heterocycles. The first-order valence-electron chi connectivity index (χ1n) is 8.83. The normalized spacial score (nSPS) is 18.4. The molecule has 1 N–H and O–H groups in total. The fraction of sp³-hybridized carbons (Fsp3) is 0.286. The van der Waals surface area contributed by atoms with E-state index in [9.17, 15) is 19.5 Å². The molecule has 0 spiro atoms. The van der Waals surface area contributed by atoms with Gasteiger partial charge in [0.05, 0.1) is 5.39 Å². The van der Waals surface area contributed by atoms with Crippen molar-refractivity contribution < 1.29 is 19.1 Å². The Morgan fingerprint density at radius 1 is 0.962 bits per heavy atom. The van der Waals surface area contributed by atoms with E-state index in [1.165, 1.54) is 25.3 Å². The number of hydrogen-bond donors (Lipinski definition) is 1. The predicted octanol–water partition coefficient (Wildman–Crippen LogP) is 3.64. The van der Waals surface area contributed by atoms with Gasteiger partial charge in [0, 0.05) is 11.6 Å². The Balaban J connectivity index is 1.84. The molecule has 0 bridgehead atoms. The molecule has 0 saturated heterocycles. The third kappa shape index (κ3) is 2.79. The summed E-state index contributed by atoms with van der Waals surface area (Å²) in [6.45, 7) is 0. The van der Waals surface area contributed by atoms with Crippen molar-refractivity contribution in [1.29, 1.82) is 0 Å². The van der Waals surface area contributed by atoms with Crippen LogP contribution in [0.2, 0.25) is 0 Å². The summed E-state index contributed by atoms with van der Waals surface area (Å²) in [5.41, 5.74) is 1.17. The van der Waals surface area contributed by atoms with Crippen molar-refractivity contribution in [3.8, 4) is 5.75 Å². The summed E-state index contributed by atoms with van der Waals surface area (Å²) in [5, 5.41) is 10.5. The third-order valence-electron chi connectivity index (χ3n) is 5.17. The zero-order valence-corrected chi connectivity index (χ0v) is 14.2. The van der Waals surface area contributed by atoms with E-state index in [2.05, 4.69) is 0 Å². The van der Waals surface area contributed by atoms with Crippen LogP contribution in [0.1, 0.15) is 49.3 Å². The third-order valence-corrected chi connectivity index (χ3v) is 5.17. The maximum absolute atomic E-state index is 12.5. The summed E-state index contributed by atoms with van der Waals surface area (Å²) < 4.78 is 5.79. The van der Waals surface area contributed by atoms with E-state index in [0.717, 1.165) is 30.6 Å². The van der Waals surface area contributed by atoms with Gasteiger partial charge in [-0.25, -0.2) is 0 Å². The molecule has 1 aromatic carbocycles. The fourth-order valence-electron chi connectivity index (χ4n) is 3.73. The van der Waals surface area contributed by atoms with Crippen molar-refractivity contribution in [2.75, 3.05) is 0 Å². The van der Waals surface area contributed by atoms with Gasteiger partial charge in [-0.1, -0.05) is 25.3 Å². The molecular formula is C21H18O5. The summed E-state index contributed by atoms with van der Waals surface area (Å²) in [4.78, 5) is 35.5. The van der Waals surface area contributed by atoms with Crippen LogP contribution < -0.4 is 5.43 Å². The molecule has 4 rings (SSSR count). The molecule has 0 amide bonds.